The number of imidazole rings is 2. The maximum atomic E-state index is 12.7. The molecule has 7 nitrogen and oxygen atoms in total. The number of Topliss-reactive ketones (excluding diaryl/α,β-unsaturated/α-hetero) is 1. The number of aryl methyl sites for hydroxylation is 1. The fraction of sp³-hybridized carbons (Fsp3) is 0.143. The van der Waals surface area contributed by atoms with Crippen LogP contribution < -0.4 is 0 Å². The van der Waals surface area contributed by atoms with Crippen LogP contribution in [0.5, 0.6) is 0 Å². The van der Waals surface area contributed by atoms with Gasteiger partial charge < -0.3 is 8.80 Å². The molecule has 0 aromatic carbocycles. The lowest BCUT2D eigenvalue weighted by atomic mass is 10.1. The van der Waals surface area contributed by atoms with Gasteiger partial charge in [-0.3, -0.25) is 9.48 Å². The minimum absolute atomic E-state index is 0.0353. The number of carbonyl (C=O) groups excluding carboxylic acids is 1. The molecule has 0 bridgehead atoms. The maximum absolute atomic E-state index is 12.7. The summed E-state index contributed by atoms with van der Waals surface area (Å²) in [4.78, 5) is 21.7. The third kappa shape index (κ3) is 4.17. The first kappa shape index (κ1) is 20.4. The molecule has 0 N–H and O–H groups in total. The zero-order valence-corrected chi connectivity index (χ0v) is 20.0. The van der Waals surface area contributed by atoms with Crippen LogP contribution in [0.4, 0.5) is 0 Å². The Kier molecular flexibility index (Phi) is 5.41. The van der Waals surface area contributed by atoms with Gasteiger partial charge in [0.2, 0.25) is 0 Å². The van der Waals surface area contributed by atoms with Crippen LogP contribution in [0.1, 0.15) is 28.2 Å². The number of fused-ring (bicyclic) bond motifs is 2. The standard InChI is InChI=1S/C21H15Br2ClN6O/c22-14-3-4-28-12-25-18(19(28)5-14)1-2-20(31)13-7-26-30(8-13)10-15-9-29-11-16(23)17(24)6-21(29)27-15/h3-9,11-12H,1-2,10H2. The van der Waals surface area contributed by atoms with Crippen molar-refractivity contribution < 1.29 is 4.79 Å². The molecule has 0 aliphatic rings. The molecule has 156 valence electrons. The van der Waals surface area contributed by atoms with Crippen molar-refractivity contribution in [1.82, 2.24) is 28.5 Å². The van der Waals surface area contributed by atoms with Gasteiger partial charge in [0, 0.05) is 41.7 Å². The molecule has 0 spiro atoms. The predicted molar refractivity (Wildman–Crippen MR) is 125 cm³/mol. The zero-order valence-electron chi connectivity index (χ0n) is 16.0. The summed E-state index contributed by atoms with van der Waals surface area (Å²) in [5.41, 5.74) is 4.06. The molecule has 0 radical (unpaired) electrons. The van der Waals surface area contributed by atoms with E-state index >= 15 is 0 Å². The summed E-state index contributed by atoms with van der Waals surface area (Å²) in [6, 6.07) is 5.76. The second-order valence-corrected chi connectivity index (χ2v) is 9.32. The monoisotopic (exact) mass is 560 g/mol. The number of carbonyl (C=O) groups is 1. The van der Waals surface area contributed by atoms with Crippen LogP contribution in [-0.4, -0.2) is 34.3 Å². The first-order valence-electron chi connectivity index (χ1n) is 9.45. The molecule has 5 rings (SSSR count). The Bertz CT molecular complexity index is 1400. The smallest absolute Gasteiger partial charge is 0.166 e. The van der Waals surface area contributed by atoms with E-state index in [1.54, 1.807) is 29.5 Å². The van der Waals surface area contributed by atoms with Gasteiger partial charge in [-0.15, -0.1) is 0 Å². The minimum atomic E-state index is 0.0353. The Morgan fingerprint density at radius 3 is 2.87 bits per heavy atom. The van der Waals surface area contributed by atoms with Crippen molar-refractivity contribution in [2.45, 2.75) is 19.4 Å². The van der Waals surface area contributed by atoms with Gasteiger partial charge in [0.15, 0.2) is 5.78 Å². The zero-order chi connectivity index (χ0) is 21.5. The summed E-state index contributed by atoms with van der Waals surface area (Å²) in [6.45, 7) is 0.462. The molecule has 10 heteroatoms. The summed E-state index contributed by atoms with van der Waals surface area (Å²) in [6.07, 6.45) is 11.8. The number of aromatic nitrogens is 6. The number of hydrogen-bond donors (Lipinski definition) is 0. The van der Waals surface area contributed by atoms with Crippen LogP contribution in [0.25, 0.3) is 11.2 Å². The van der Waals surface area contributed by atoms with E-state index in [4.69, 9.17) is 11.6 Å². The van der Waals surface area contributed by atoms with Gasteiger partial charge in [0.1, 0.15) is 5.65 Å². The van der Waals surface area contributed by atoms with E-state index in [0.717, 1.165) is 31.5 Å². The van der Waals surface area contributed by atoms with Crippen LogP contribution in [0.3, 0.4) is 0 Å². The maximum Gasteiger partial charge on any atom is 0.166 e. The molecule has 5 aromatic rings. The van der Waals surface area contributed by atoms with Gasteiger partial charge in [-0.25, -0.2) is 9.97 Å². The summed E-state index contributed by atoms with van der Waals surface area (Å²) in [7, 11) is 0. The first-order chi connectivity index (χ1) is 15.0. The molecular weight excluding hydrogens is 548 g/mol. The van der Waals surface area contributed by atoms with E-state index in [-0.39, 0.29) is 5.78 Å². The number of hydrogen-bond acceptors (Lipinski definition) is 4. The third-order valence-corrected chi connectivity index (χ3v) is 6.66. The molecule has 0 aliphatic heterocycles. The van der Waals surface area contributed by atoms with Crippen molar-refractivity contribution in [3.63, 3.8) is 0 Å². The van der Waals surface area contributed by atoms with E-state index in [0.29, 0.717) is 30.0 Å². The van der Waals surface area contributed by atoms with Gasteiger partial charge in [-0.05, 0) is 34.5 Å². The van der Waals surface area contributed by atoms with Gasteiger partial charge in [-0.2, -0.15) is 5.10 Å². The van der Waals surface area contributed by atoms with Crippen molar-refractivity contribution in [2.75, 3.05) is 0 Å². The molecular formula is C21H15Br2ClN6O. The van der Waals surface area contributed by atoms with Crippen molar-refractivity contribution in [2.24, 2.45) is 0 Å². The van der Waals surface area contributed by atoms with E-state index in [1.807, 2.05) is 39.5 Å². The Morgan fingerprint density at radius 2 is 2.00 bits per heavy atom. The Labute approximate surface area is 198 Å². The Hall–Kier alpha value is -2.49. The van der Waals surface area contributed by atoms with Crippen LogP contribution in [-0.2, 0) is 13.0 Å². The predicted octanol–water partition coefficient (Wildman–Crippen LogP) is 5.22. The summed E-state index contributed by atoms with van der Waals surface area (Å²) >= 11 is 13.0. The molecule has 31 heavy (non-hydrogen) atoms. The molecule has 0 unspecified atom stereocenters. The number of nitrogens with zero attached hydrogens (tertiary/aromatic N) is 6. The molecule has 0 aliphatic carbocycles. The highest BCUT2D eigenvalue weighted by Gasteiger charge is 2.13. The third-order valence-electron chi connectivity index (χ3n) is 5.00. The normalized spacial score (nSPS) is 11.6. The van der Waals surface area contributed by atoms with Crippen molar-refractivity contribution in [3.8, 4) is 0 Å². The molecule has 0 fully saturated rings. The minimum Gasteiger partial charge on any atom is -0.306 e. The van der Waals surface area contributed by atoms with E-state index in [9.17, 15) is 4.79 Å². The van der Waals surface area contributed by atoms with Crippen LogP contribution in [0.15, 0.2) is 64.5 Å². The van der Waals surface area contributed by atoms with Crippen molar-refractivity contribution in [1.29, 1.82) is 0 Å². The lowest BCUT2D eigenvalue weighted by molar-refractivity contribution is 0.0982. The topological polar surface area (TPSA) is 69.5 Å². The van der Waals surface area contributed by atoms with E-state index < -0.39 is 0 Å². The van der Waals surface area contributed by atoms with Gasteiger partial charge in [-0.1, -0.05) is 27.5 Å². The Balaban J connectivity index is 1.27. The molecule has 0 amide bonds. The van der Waals surface area contributed by atoms with Gasteiger partial charge in [0.05, 0.1) is 51.0 Å². The average molecular weight is 563 g/mol. The summed E-state index contributed by atoms with van der Waals surface area (Å²) in [5, 5.41) is 4.94. The lowest BCUT2D eigenvalue weighted by Crippen LogP contribution is -2.02. The SMILES string of the molecule is O=C(CCc1ncn2ccc(Br)cc12)c1cnn(Cc2cn3cc(Br)c(Cl)cc3n2)c1. The largest absolute Gasteiger partial charge is 0.306 e. The molecule has 0 atom stereocenters. The molecule has 0 saturated carbocycles. The molecule has 0 saturated heterocycles. The van der Waals surface area contributed by atoms with Crippen LogP contribution >= 0.6 is 43.5 Å². The highest BCUT2D eigenvalue weighted by molar-refractivity contribution is 9.10. The number of ketones is 1. The second-order valence-electron chi connectivity index (χ2n) is 7.15. The van der Waals surface area contributed by atoms with Crippen molar-refractivity contribution in [3.05, 3.63) is 86.4 Å². The number of pyridine rings is 2. The first-order valence-corrected chi connectivity index (χ1v) is 11.4. The summed E-state index contributed by atoms with van der Waals surface area (Å²) < 4.78 is 7.35. The fourth-order valence-corrected chi connectivity index (χ4v) is 4.27. The highest BCUT2D eigenvalue weighted by atomic mass is 79.9. The van der Waals surface area contributed by atoms with Crippen LogP contribution in [0.2, 0.25) is 5.02 Å². The summed E-state index contributed by atoms with van der Waals surface area (Å²) in [5.74, 6) is 0.0353. The average Bonchev–Trinajstić information content (AvgIpc) is 3.45. The Morgan fingerprint density at radius 1 is 1.13 bits per heavy atom. The second kappa shape index (κ2) is 8.22. The fourth-order valence-electron chi connectivity index (χ4n) is 3.46. The number of rotatable bonds is 6. The molecule has 5 heterocycles. The van der Waals surface area contributed by atoms with Crippen molar-refractivity contribution >= 4 is 60.4 Å². The van der Waals surface area contributed by atoms with E-state index in [1.165, 1.54) is 0 Å². The van der Waals surface area contributed by atoms with Crippen LogP contribution in [0, 0.1) is 0 Å². The quantitative estimate of drug-likeness (QED) is 0.266. The van der Waals surface area contributed by atoms with E-state index in [2.05, 4.69) is 46.9 Å². The van der Waals surface area contributed by atoms with Gasteiger partial charge in [0.25, 0.3) is 0 Å². The van der Waals surface area contributed by atoms with Gasteiger partial charge >= 0.3 is 0 Å². The number of halogens is 3. The lowest BCUT2D eigenvalue weighted by Gasteiger charge is -2.00. The highest BCUT2D eigenvalue weighted by Crippen LogP contribution is 2.24. The molecule has 5 aromatic heterocycles.